The lowest BCUT2D eigenvalue weighted by Gasteiger charge is -2.10. The summed E-state index contributed by atoms with van der Waals surface area (Å²) in [5.74, 6) is -0.632. The third kappa shape index (κ3) is 4.09. The molecule has 0 fully saturated rings. The van der Waals surface area contributed by atoms with Gasteiger partial charge in [-0.1, -0.05) is 30.3 Å². The Bertz CT molecular complexity index is 1260. The summed E-state index contributed by atoms with van der Waals surface area (Å²) in [5.41, 5.74) is 11.1. The van der Waals surface area contributed by atoms with Gasteiger partial charge in [0.15, 0.2) is 0 Å². The Labute approximate surface area is 183 Å². The van der Waals surface area contributed by atoms with Crippen molar-refractivity contribution in [3.8, 4) is 11.3 Å². The molecule has 3 N–H and O–H groups in total. The first-order valence-corrected chi connectivity index (χ1v) is 11.3. The summed E-state index contributed by atoms with van der Waals surface area (Å²) in [6.45, 7) is 0. The number of aromatic amines is 1. The molecular weight excluding hydrogens is 408 g/mol. The second kappa shape index (κ2) is 8.35. The fraction of sp³-hybridized carbons (Fsp3) is 0.208. The Morgan fingerprint density at radius 2 is 1.87 bits per heavy atom. The molecule has 1 aliphatic carbocycles. The number of hydrogen-bond acceptors (Lipinski definition) is 4. The highest BCUT2D eigenvalue weighted by atomic mass is 32.1. The maximum absolute atomic E-state index is 12.6. The van der Waals surface area contributed by atoms with Crippen LogP contribution in [0.1, 0.15) is 39.5 Å². The van der Waals surface area contributed by atoms with Crippen LogP contribution in [0.2, 0.25) is 0 Å². The van der Waals surface area contributed by atoms with E-state index >= 15 is 0 Å². The first-order chi connectivity index (χ1) is 15.2. The van der Waals surface area contributed by atoms with Gasteiger partial charge in [0.25, 0.3) is 5.91 Å². The minimum Gasteiger partial charge on any atom is -0.358 e. The Kier molecular flexibility index (Phi) is 5.26. The number of nitrogens with zero attached hydrogens (tertiary/aromatic N) is 1. The fourth-order valence-corrected chi connectivity index (χ4v) is 4.86. The number of hydrogen-bond donors (Lipinski definition) is 3. The number of amides is 2. The summed E-state index contributed by atoms with van der Waals surface area (Å²) in [6, 6.07) is 15.5. The van der Waals surface area contributed by atoms with Gasteiger partial charge in [0.2, 0.25) is 5.91 Å². The van der Waals surface area contributed by atoms with Gasteiger partial charge in [0, 0.05) is 33.1 Å². The van der Waals surface area contributed by atoms with E-state index in [9.17, 15) is 9.59 Å². The monoisotopic (exact) mass is 430 g/mol. The standard InChI is InChI=1S/C24H22N4O2S/c29-22(13-23-26-21(14-31-23)15-6-2-1-3-7-15)27-28-24(30)16-10-11-20-18(12-16)17-8-4-5-9-19(17)25-20/h1-3,6-7,10-12,14,25H,4-5,8-9,13H2,(H,27,29)(H,28,30). The van der Waals surface area contributed by atoms with Crippen LogP contribution in [0.25, 0.3) is 22.2 Å². The molecule has 0 unspecified atom stereocenters. The van der Waals surface area contributed by atoms with Crippen LogP contribution in [0.5, 0.6) is 0 Å². The molecule has 1 aliphatic rings. The van der Waals surface area contributed by atoms with E-state index in [0.717, 1.165) is 35.0 Å². The van der Waals surface area contributed by atoms with Gasteiger partial charge in [0.05, 0.1) is 12.1 Å². The summed E-state index contributed by atoms with van der Waals surface area (Å²) < 4.78 is 0. The SMILES string of the molecule is O=C(Cc1nc(-c2ccccc2)cs1)NNC(=O)c1ccc2[nH]c3c(c2c1)CCCC3. The predicted molar refractivity (Wildman–Crippen MR) is 122 cm³/mol. The van der Waals surface area contributed by atoms with Crippen molar-refractivity contribution >= 4 is 34.1 Å². The molecule has 0 spiro atoms. The molecule has 156 valence electrons. The summed E-state index contributed by atoms with van der Waals surface area (Å²) in [7, 11) is 0. The van der Waals surface area contributed by atoms with Crippen LogP contribution < -0.4 is 10.9 Å². The quantitative estimate of drug-likeness (QED) is 0.425. The fourth-order valence-electron chi connectivity index (χ4n) is 4.06. The van der Waals surface area contributed by atoms with Gasteiger partial charge < -0.3 is 4.98 Å². The number of carbonyl (C=O) groups is 2. The van der Waals surface area contributed by atoms with Gasteiger partial charge in [-0.05, 0) is 49.4 Å². The molecule has 7 heteroatoms. The second-order valence-corrected chi connectivity index (χ2v) is 8.66. The highest BCUT2D eigenvalue weighted by Gasteiger charge is 2.17. The Morgan fingerprint density at radius 3 is 2.74 bits per heavy atom. The summed E-state index contributed by atoms with van der Waals surface area (Å²) in [6.07, 6.45) is 4.59. The zero-order valence-electron chi connectivity index (χ0n) is 16.9. The molecule has 6 nitrogen and oxygen atoms in total. The molecule has 0 radical (unpaired) electrons. The predicted octanol–water partition coefficient (Wildman–Crippen LogP) is 4.17. The molecule has 0 saturated carbocycles. The number of rotatable bonds is 4. The third-order valence-electron chi connectivity index (χ3n) is 5.61. The number of nitrogens with one attached hydrogen (secondary N) is 3. The van der Waals surface area contributed by atoms with Crippen molar-refractivity contribution in [2.45, 2.75) is 32.1 Å². The zero-order chi connectivity index (χ0) is 21.2. The van der Waals surface area contributed by atoms with Gasteiger partial charge in [-0.25, -0.2) is 4.98 Å². The van der Waals surface area contributed by atoms with Crippen LogP contribution in [0, 0.1) is 0 Å². The highest BCUT2D eigenvalue weighted by Crippen LogP contribution is 2.29. The third-order valence-corrected chi connectivity index (χ3v) is 6.46. The topological polar surface area (TPSA) is 86.9 Å². The Morgan fingerprint density at radius 1 is 1.03 bits per heavy atom. The van der Waals surface area contributed by atoms with Crippen LogP contribution >= 0.6 is 11.3 Å². The summed E-state index contributed by atoms with van der Waals surface area (Å²) >= 11 is 1.43. The normalized spacial score (nSPS) is 13.0. The molecule has 4 aromatic rings. The lowest BCUT2D eigenvalue weighted by Crippen LogP contribution is -2.42. The average molecular weight is 431 g/mol. The maximum atomic E-state index is 12.6. The Hall–Kier alpha value is -3.45. The van der Waals surface area contributed by atoms with Crippen LogP contribution in [0.3, 0.4) is 0 Å². The molecule has 0 aliphatic heterocycles. The molecule has 2 heterocycles. The number of benzene rings is 2. The highest BCUT2D eigenvalue weighted by molar-refractivity contribution is 7.10. The van der Waals surface area contributed by atoms with Crippen molar-refractivity contribution < 1.29 is 9.59 Å². The number of hydrazine groups is 1. The second-order valence-electron chi connectivity index (χ2n) is 7.72. The van der Waals surface area contributed by atoms with Gasteiger partial charge in [-0.2, -0.15) is 0 Å². The van der Waals surface area contributed by atoms with Gasteiger partial charge in [-0.15, -0.1) is 11.3 Å². The smallest absolute Gasteiger partial charge is 0.269 e. The van der Waals surface area contributed by atoms with E-state index in [-0.39, 0.29) is 18.2 Å². The molecule has 0 bridgehead atoms. The van der Waals surface area contributed by atoms with Gasteiger partial charge in [0.1, 0.15) is 5.01 Å². The van der Waals surface area contributed by atoms with Crippen molar-refractivity contribution in [1.82, 2.24) is 20.8 Å². The summed E-state index contributed by atoms with van der Waals surface area (Å²) in [5, 5.41) is 3.74. The first kappa shape index (κ1) is 19.5. The summed E-state index contributed by atoms with van der Waals surface area (Å²) in [4.78, 5) is 32.9. The molecule has 0 saturated heterocycles. The van der Waals surface area contributed by atoms with Crippen molar-refractivity contribution in [2.75, 3.05) is 0 Å². The van der Waals surface area contributed by atoms with E-state index in [0.29, 0.717) is 10.6 Å². The van der Waals surface area contributed by atoms with Crippen molar-refractivity contribution in [1.29, 1.82) is 0 Å². The number of H-pyrrole nitrogens is 1. The van der Waals surface area contributed by atoms with Crippen molar-refractivity contribution in [3.63, 3.8) is 0 Å². The van der Waals surface area contributed by atoms with E-state index in [4.69, 9.17) is 0 Å². The number of carbonyl (C=O) groups excluding carboxylic acids is 2. The van der Waals surface area contributed by atoms with Crippen molar-refractivity contribution in [2.24, 2.45) is 0 Å². The molecule has 2 aromatic carbocycles. The van der Waals surface area contributed by atoms with Crippen LogP contribution in [-0.2, 0) is 24.1 Å². The number of aryl methyl sites for hydroxylation is 2. The van der Waals surface area contributed by atoms with E-state index in [1.807, 2.05) is 47.8 Å². The van der Waals surface area contributed by atoms with E-state index < -0.39 is 0 Å². The molecule has 0 atom stereocenters. The largest absolute Gasteiger partial charge is 0.358 e. The van der Waals surface area contributed by atoms with Crippen molar-refractivity contribution in [3.05, 3.63) is 75.7 Å². The van der Waals surface area contributed by atoms with Gasteiger partial charge in [-0.3, -0.25) is 20.4 Å². The Balaban J connectivity index is 1.21. The van der Waals surface area contributed by atoms with Crippen LogP contribution in [0.4, 0.5) is 0 Å². The molecular formula is C24H22N4O2S. The van der Waals surface area contributed by atoms with E-state index in [2.05, 4.69) is 20.8 Å². The average Bonchev–Trinajstić information content (AvgIpc) is 3.42. The van der Waals surface area contributed by atoms with Gasteiger partial charge >= 0.3 is 0 Å². The minimum atomic E-state index is -0.329. The molecule has 2 amide bonds. The number of aromatic nitrogens is 2. The van der Waals surface area contributed by atoms with Crippen LogP contribution in [-0.4, -0.2) is 21.8 Å². The molecule has 31 heavy (non-hydrogen) atoms. The van der Waals surface area contributed by atoms with E-state index in [1.54, 1.807) is 6.07 Å². The first-order valence-electron chi connectivity index (χ1n) is 10.4. The maximum Gasteiger partial charge on any atom is 0.269 e. The lowest BCUT2D eigenvalue weighted by molar-refractivity contribution is -0.121. The van der Waals surface area contributed by atoms with Crippen LogP contribution in [0.15, 0.2) is 53.9 Å². The minimum absolute atomic E-state index is 0.113. The molecule has 2 aromatic heterocycles. The van der Waals surface area contributed by atoms with E-state index in [1.165, 1.54) is 35.4 Å². The molecule has 5 rings (SSSR count). The lowest BCUT2D eigenvalue weighted by atomic mass is 9.95. The number of thiazole rings is 1. The number of fused-ring (bicyclic) bond motifs is 3. The zero-order valence-corrected chi connectivity index (χ0v) is 17.7.